The monoisotopic (exact) mass is 901 g/mol. The SMILES string of the molecule is CC1(C)C(/C=C/C=C/C=C2/N(CC(=O)N3c4ccccc4Sc4ccc(Cl)cc43)c3ccccc3C2(C)C)=[N+](CC(=O)N2c3ccccc3Sc3ccc(Cl)cc32)c2ccccc21. The number of benzene rings is 6. The standard InChI is InChI=1S/C53H43Cl2N4O2S2/c1-52(2)36-16-8-10-18-38(36)56(32-50(60)58-40-20-12-14-22-44(40)62-46-28-26-34(54)30-42(46)58)48(52)24-6-5-7-25-49-53(3,4)37-17-9-11-19-39(37)57(49)33-51(61)59-41-21-13-15-23-45(41)63-47-29-27-35(55)31-43(47)59/h5-31H,32-33H2,1-4H3/q+1. The van der Waals surface area contributed by atoms with E-state index in [9.17, 15) is 9.59 Å². The number of para-hydroxylation sites is 4. The van der Waals surface area contributed by atoms with Crippen molar-refractivity contribution >= 4 is 98.4 Å². The van der Waals surface area contributed by atoms with E-state index in [0.29, 0.717) is 10.0 Å². The van der Waals surface area contributed by atoms with Crippen molar-refractivity contribution in [2.45, 2.75) is 58.1 Å². The molecule has 0 bridgehead atoms. The fraction of sp³-hybridized carbons (Fsp3) is 0.151. The van der Waals surface area contributed by atoms with E-state index < -0.39 is 0 Å². The number of amides is 2. The fourth-order valence-electron chi connectivity index (χ4n) is 9.39. The Hall–Kier alpha value is -5.77. The Morgan fingerprint density at radius 3 is 1.73 bits per heavy atom. The first-order chi connectivity index (χ1) is 30.4. The predicted octanol–water partition coefficient (Wildman–Crippen LogP) is 13.8. The predicted molar refractivity (Wildman–Crippen MR) is 261 cm³/mol. The third kappa shape index (κ3) is 7.14. The average molecular weight is 903 g/mol. The second kappa shape index (κ2) is 16.1. The van der Waals surface area contributed by atoms with Gasteiger partial charge in [0, 0.05) is 64.1 Å². The maximum Gasteiger partial charge on any atom is 0.297 e. The summed E-state index contributed by atoms with van der Waals surface area (Å²) < 4.78 is 2.15. The molecule has 0 spiro atoms. The molecule has 0 N–H and O–H groups in total. The Kier molecular flexibility index (Phi) is 10.5. The van der Waals surface area contributed by atoms with Gasteiger partial charge in [0.25, 0.3) is 11.8 Å². The van der Waals surface area contributed by atoms with Gasteiger partial charge in [-0.3, -0.25) is 19.4 Å². The van der Waals surface area contributed by atoms with E-state index in [-0.39, 0.29) is 35.7 Å². The van der Waals surface area contributed by atoms with Gasteiger partial charge in [-0.25, -0.2) is 0 Å². The smallest absolute Gasteiger partial charge is 0.297 e. The normalized spacial score (nSPS) is 17.2. The van der Waals surface area contributed by atoms with E-state index in [1.807, 2.05) is 113 Å². The van der Waals surface area contributed by atoms with Crippen LogP contribution in [0, 0.1) is 0 Å². The van der Waals surface area contributed by atoms with E-state index in [1.54, 1.807) is 23.5 Å². The van der Waals surface area contributed by atoms with E-state index in [1.165, 1.54) is 0 Å². The van der Waals surface area contributed by atoms with Crippen LogP contribution >= 0.6 is 46.7 Å². The van der Waals surface area contributed by atoms with E-state index in [2.05, 4.69) is 97.9 Å². The molecule has 312 valence electrons. The third-order valence-corrected chi connectivity index (χ3v) is 15.1. The number of allylic oxidation sites excluding steroid dienone is 6. The van der Waals surface area contributed by atoms with Crippen molar-refractivity contribution in [2.75, 3.05) is 27.8 Å². The maximum absolute atomic E-state index is 14.7. The molecule has 0 radical (unpaired) electrons. The van der Waals surface area contributed by atoms with Crippen molar-refractivity contribution in [3.05, 3.63) is 191 Å². The van der Waals surface area contributed by atoms with Crippen LogP contribution in [0.3, 0.4) is 0 Å². The molecule has 6 aromatic carbocycles. The molecule has 0 unspecified atom stereocenters. The van der Waals surface area contributed by atoms with E-state index in [4.69, 9.17) is 23.2 Å². The van der Waals surface area contributed by atoms with Gasteiger partial charge in [0.05, 0.1) is 28.2 Å². The minimum atomic E-state index is -0.378. The summed E-state index contributed by atoms with van der Waals surface area (Å²) in [6, 6.07) is 44.2. The van der Waals surface area contributed by atoms with Gasteiger partial charge in [-0.2, -0.15) is 4.58 Å². The lowest BCUT2D eigenvalue weighted by Crippen LogP contribution is -2.39. The second-order valence-corrected chi connectivity index (χ2v) is 20.0. The highest BCUT2D eigenvalue weighted by atomic mass is 35.5. The molecule has 6 aromatic rings. The molecule has 63 heavy (non-hydrogen) atoms. The summed E-state index contributed by atoms with van der Waals surface area (Å²) in [6.45, 7) is 9.10. The molecule has 2 amide bonds. The molecule has 4 heterocycles. The number of carbonyl (C=O) groups excluding carboxylic acids is 2. The van der Waals surface area contributed by atoms with Gasteiger partial charge in [-0.05, 0) is 92.2 Å². The lowest BCUT2D eigenvalue weighted by molar-refractivity contribution is -0.424. The first-order valence-corrected chi connectivity index (χ1v) is 23.3. The number of halogens is 2. The van der Waals surface area contributed by atoms with E-state index >= 15 is 0 Å². The van der Waals surface area contributed by atoms with Gasteiger partial charge in [-0.15, -0.1) is 0 Å². The zero-order chi connectivity index (χ0) is 43.6. The number of carbonyl (C=O) groups is 2. The molecule has 0 saturated carbocycles. The molecule has 0 fully saturated rings. The zero-order valence-corrected chi connectivity index (χ0v) is 38.3. The number of fused-ring (bicyclic) bond motifs is 6. The molecule has 0 saturated heterocycles. The minimum absolute atomic E-state index is 0.0546. The number of hydrogen-bond acceptors (Lipinski definition) is 5. The number of anilines is 5. The molecule has 0 atom stereocenters. The molecule has 10 heteroatoms. The van der Waals surface area contributed by atoms with Crippen LogP contribution in [-0.2, 0) is 20.4 Å². The van der Waals surface area contributed by atoms with Crippen LogP contribution in [0.15, 0.2) is 189 Å². The molecule has 0 aliphatic carbocycles. The fourth-order valence-corrected chi connectivity index (χ4v) is 11.8. The van der Waals surface area contributed by atoms with E-state index in [0.717, 1.165) is 76.2 Å². The van der Waals surface area contributed by atoms with Gasteiger partial charge in [0.1, 0.15) is 6.54 Å². The molecule has 4 aliphatic rings. The molecular formula is C53H43Cl2N4O2S2+. The molecule has 0 aromatic heterocycles. The molecule has 10 rings (SSSR count). The molecule has 6 nitrogen and oxygen atoms in total. The molecular weight excluding hydrogens is 860 g/mol. The van der Waals surface area contributed by atoms with Crippen LogP contribution in [0.4, 0.5) is 34.1 Å². The van der Waals surface area contributed by atoms with Crippen molar-refractivity contribution in [3.63, 3.8) is 0 Å². The van der Waals surface area contributed by atoms with Crippen molar-refractivity contribution < 1.29 is 14.2 Å². The lowest BCUT2D eigenvalue weighted by Gasteiger charge is -2.33. The highest BCUT2D eigenvalue weighted by molar-refractivity contribution is 8.00. The number of nitrogens with zero attached hydrogens (tertiary/aromatic N) is 4. The Morgan fingerprint density at radius 1 is 0.571 bits per heavy atom. The van der Waals surface area contributed by atoms with Gasteiger partial charge >= 0.3 is 0 Å². The lowest BCUT2D eigenvalue weighted by atomic mass is 9.81. The van der Waals surface area contributed by atoms with Crippen LogP contribution < -0.4 is 14.7 Å². The quantitative estimate of drug-likeness (QED) is 0.118. The van der Waals surface area contributed by atoms with Crippen LogP contribution in [-0.4, -0.2) is 35.2 Å². The Bertz CT molecular complexity index is 3020. The Morgan fingerprint density at radius 2 is 1.10 bits per heavy atom. The summed E-state index contributed by atoms with van der Waals surface area (Å²) in [4.78, 5) is 39.2. The van der Waals surface area contributed by atoms with Crippen LogP contribution in [0.2, 0.25) is 10.0 Å². The van der Waals surface area contributed by atoms with Crippen LogP contribution in [0.25, 0.3) is 0 Å². The van der Waals surface area contributed by atoms with Crippen LogP contribution in [0.5, 0.6) is 0 Å². The highest BCUT2D eigenvalue weighted by Crippen LogP contribution is 2.52. The summed E-state index contributed by atoms with van der Waals surface area (Å²) in [5, 5.41) is 1.16. The first-order valence-electron chi connectivity index (χ1n) is 20.9. The largest absolute Gasteiger partial charge is 0.335 e. The maximum atomic E-state index is 14.7. The van der Waals surface area contributed by atoms with Gasteiger partial charge in [0.2, 0.25) is 12.2 Å². The second-order valence-electron chi connectivity index (χ2n) is 17.0. The summed E-state index contributed by atoms with van der Waals surface area (Å²) in [6.07, 6.45) is 10.4. The van der Waals surface area contributed by atoms with Crippen LogP contribution in [0.1, 0.15) is 38.8 Å². The van der Waals surface area contributed by atoms with Gasteiger partial charge < -0.3 is 4.90 Å². The summed E-state index contributed by atoms with van der Waals surface area (Å²) in [5.41, 5.74) is 8.90. The van der Waals surface area contributed by atoms with Crippen molar-refractivity contribution in [2.24, 2.45) is 0 Å². The third-order valence-electron chi connectivity index (χ3n) is 12.4. The summed E-state index contributed by atoms with van der Waals surface area (Å²) in [5.74, 6) is -0.109. The zero-order valence-electron chi connectivity index (χ0n) is 35.2. The van der Waals surface area contributed by atoms with Crippen molar-refractivity contribution in [3.8, 4) is 0 Å². The van der Waals surface area contributed by atoms with Crippen molar-refractivity contribution in [1.82, 2.24) is 0 Å². The number of rotatable bonds is 7. The van der Waals surface area contributed by atoms with Gasteiger partial charge in [0.15, 0.2) is 5.71 Å². The highest BCUT2D eigenvalue weighted by Gasteiger charge is 2.46. The Labute approximate surface area is 386 Å². The average Bonchev–Trinajstić information content (AvgIpc) is 3.62. The Balaban J connectivity index is 0.976. The topological polar surface area (TPSA) is 46.9 Å². The summed E-state index contributed by atoms with van der Waals surface area (Å²) >= 11 is 16.4. The minimum Gasteiger partial charge on any atom is -0.335 e. The first kappa shape index (κ1) is 41.3. The molecule has 4 aliphatic heterocycles. The van der Waals surface area contributed by atoms with Gasteiger partial charge in [-0.1, -0.05) is 139 Å². The number of hydrogen-bond donors (Lipinski definition) is 0. The van der Waals surface area contributed by atoms with Crippen molar-refractivity contribution in [1.29, 1.82) is 0 Å². The summed E-state index contributed by atoms with van der Waals surface area (Å²) in [7, 11) is 0.